The van der Waals surface area contributed by atoms with E-state index in [1.807, 2.05) is 32.9 Å². The predicted octanol–water partition coefficient (Wildman–Crippen LogP) is 3.59. The average molecular weight is 407 g/mol. The van der Waals surface area contributed by atoms with Gasteiger partial charge in [-0.25, -0.2) is 0 Å². The zero-order valence-corrected chi connectivity index (χ0v) is 16.4. The zero-order valence-electron chi connectivity index (χ0n) is 14.8. The number of likely N-dealkylation sites (tertiary alicyclic amines) is 1. The summed E-state index contributed by atoms with van der Waals surface area (Å²) < 4.78 is 0.874. The molecule has 3 amide bonds. The molecule has 1 heterocycles. The first-order chi connectivity index (χ1) is 11.7. The molecule has 25 heavy (non-hydrogen) atoms. The van der Waals surface area contributed by atoms with Crippen molar-refractivity contribution in [2.24, 2.45) is 16.7 Å². The average Bonchev–Trinajstić information content (AvgIpc) is 2.71. The summed E-state index contributed by atoms with van der Waals surface area (Å²) in [4.78, 5) is 39.1. The first-order valence-electron chi connectivity index (χ1n) is 8.58. The third-order valence-corrected chi connectivity index (χ3v) is 6.67. The molecular formula is C19H23BrN2O3. The number of anilines is 1. The van der Waals surface area contributed by atoms with E-state index in [0.717, 1.165) is 17.3 Å². The largest absolute Gasteiger partial charge is 0.326 e. The molecular weight excluding hydrogens is 384 g/mol. The Morgan fingerprint density at radius 2 is 2.04 bits per heavy atom. The highest BCUT2D eigenvalue weighted by Gasteiger charge is 2.64. The van der Waals surface area contributed by atoms with Crippen molar-refractivity contribution in [2.75, 3.05) is 11.9 Å². The third kappa shape index (κ3) is 2.90. The Morgan fingerprint density at radius 3 is 2.72 bits per heavy atom. The highest BCUT2D eigenvalue weighted by atomic mass is 79.9. The number of imide groups is 1. The van der Waals surface area contributed by atoms with Crippen molar-refractivity contribution < 1.29 is 14.4 Å². The second kappa shape index (κ2) is 6.24. The molecule has 2 aliphatic rings. The molecule has 5 nitrogen and oxygen atoms in total. The number of fused-ring (bicyclic) bond motifs is 2. The lowest BCUT2D eigenvalue weighted by molar-refractivity contribution is -0.167. The smallest absolute Gasteiger partial charge is 0.235 e. The van der Waals surface area contributed by atoms with E-state index in [4.69, 9.17) is 0 Å². The summed E-state index contributed by atoms with van der Waals surface area (Å²) >= 11 is 3.36. The Hall–Kier alpha value is -1.69. The van der Waals surface area contributed by atoms with Crippen LogP contribution in [0.3, 0.4) is 0 Å². The fourth-order valence-electron chi connectivity index (χ4n) is 4.12. The summed E-state index contributed by atoms with van der Waals surface area (Å²) in [6.45, 7) is 6.12. The summed E-state index contributed by atoms with van der Waals surface area (Å²) in [6.07, 6.45) is 1.58. The molecule has 2 atom stereocenters. The monoisotopic (exact) mass is 406 g/mol. The van der Waals surface area contributed by atoms with E-state index in [2.05, 4.69) is 21.2 Å². The van der Waals surface area contributed by atoms with Crippen LogP contribution < -0.4 is 5.32 Å². The molecule has 1 aliphatic heterocycles. The molecule has 1 aromatic carbocycles. The van der Waals surface area contributed by atoms with Gasteiger partial charge in [-0.15, -0.1) is 0 Å². The lowest BCUT2D eigenvalue weighted by Crippen LogP contribution is -2.59. The van der Waals surface area contributed by atoms with Crippen LogP contribution in [0.4, 0.5) is 5.69 Å². The molecule has 1 aliphatic carbocycles. The minimum atomic E-state index is -0.521. The second-order valence-corrected chi connectivity index (χ2v) is 8.66. The number of carbonyl (C=O) groups excluding carboxylic acids is 3. The summed E-state index contributed by atoms with van der Waals surface area (Å²) in [7, 11) is 0. The van der Waals surface area contributed by atoms with Crippen LogP contribution in [-0.4, -0.2) is 29.2 Å². The van der Waals surface area contributed by atoms with Crippen LogP contribution in [0.5, 0.6) is 0 Å². The van der Waals surface area contributed by atoms with Crippen molar-refractivity contribution in [3.8, 4) is 0 Å². The number of piperidine rings is 1. The Bertz CT molecular complexity index is 746. The number of halogens is 1. The van der Waals surface area contributed by atoms with E-state index in [9.17, 15) is 14.4 Å². The maximum absolute atomic E-state index is 12.9. The van der Waals surface area contributed by atoms with Crippen LogP contribution in [0.2, 0.25) is 0 Å². The summed E-state index contributed by atoms with van der Waals surface area (Å²) in [5.41, 5.74) is -0.161. The molecule has 6 heteroatoms. The van der Waals surface area contributed by atoms with Gasteiger partial charge in [0.15, 0.2) is 0 Å². The molecule has 1 saturated carbocycles. The Kier molecular flexibility index (Phi) is 4.52. The fraction of sp³-hybridized carbons (Fsp3) is 0.526. The van der Waals surface area contributed by atoms with Crippen molar-refractivity contribution >= 4 is 39.3 Å². The van der Waals surface area contributed by atoms with Crippen molar-refractivity contribution in [1.82, 2.24) is 4.90 Å². The molecule has 0 radical (unpaired) electrons. The molecule has 1 saturated heterocycles. The SMILES string of the molecule is CC12CCC(C(=O)N(CCC(=O)Nc3cccc(Br)c3)C1=O)C2(C)C. The molecule has 0 aromatic heterocycles. The molecule has 2 bridgehead atoms. The first kappa shape index (κ1) is 18.1. The van der Waals surface area contributed by atoms with Gasteiger partial charge in [-0.05, 0) is 36.5 Å². The van der Waals surface area contributed by atoms with Crippen LogP contribution in [0.1, 0.15) is 40.0 Å². The van der Waals surface area contributed by atoms with Crippen LogP contribution >= 0.6 is 15.9 Å². The minimum absolute atomic E-state index is 0.104. The van der Waals surface area contributed by atoms with Gasteiger partial charge in [-0.1, -0.05) is 42.8 Å². The van der Waals surface area contributed by atoms with Crippen molar-refractivity contribution in [3.05, 3.63) is 28.7 Å². The zero-order chi connectivity index (χ0) is 18.4. The van der Waals surface area contributed by atoms with Crippen LogP contribution in [0.15, 0.2) is 28.7 Å². The number of hydrogen-bond donors (Lipinski definition) is 1. The predicted molar refractivity (Wildman–Crippen MR) is 98.7 cm³/mol. The first-order valence-corrected chi connectivity index (χ1v) is 9.37. The number of carbonyl (C=O) groups is 3. The van der Waals surface area contributed by atoms with Crippen molar-refractivity contribution in [3.63, 3.8) is 0 Å². The van der Waals surface area contributed by atoms with E-state index in [1.165, 1.54) is 4.90 Å². The Labute approximate surface area is 156 Å². The molecule has 3 rings (SSSR count). The molecule has 2 unspecified atom stereocenters. The van der Waals surface area contributed by atoms with Crippen LogP contribution in [-0.2, 0) is 14.4 Å². The quantitative estimate of drug-likeness (QED) is 0.776. The maximum atomic E-state index is 12.9. The number of amides is 3. The molecule has 0 spiro atoms. The molecule has 134 valence electrons. The molecule has 1 aromatic rings. The molecule has 1 N–H and O–H groups in total. The summed E-state index contributed by atoms with van der Waals surface area (Å²) in [6, 6.07) is 7.31. The number of nitrogens with one attached hydrogen (secondary N) is 1. The van der Waals surface area contributed by atoms with Crippen molar-refractivity contribution in [1.29, 1.82) is 0 Å². The van der Waals surface area contributed by atoms with E-state index in [-0.39, 0.29) is 42.0 Å². The number of benzene rings is 1. The number of hydrogen-bond acceptors (Lipinski definition) is 3. The lowest BCUT2D eigenvalue weighted by atomic mass is 9.62. The Balaban J connectivity index is 1.66. The van der Waals surface area contributed by atoms with Gasteiger partial charge in [0.05, 0.1) is 5.41 Å². The normalized spacial score (nSPS) is 27.5. The van der Waals surface area contributed by atoms with Gasteiger partial charge in [-0.2, -0.15) is 0 Å². The summed E-state index contributed by atoms with van der Waals surface area (Å²) in [5.74, 6) is -0.601. The van der Waals surface area contributed by atoms with E-state index in [1.54, 1.807) is 12.1 Å². The van der Waals surface area contributed by atoms with Gasteiger partial charge in [0.2, 0.25) is 17.7 Å². The standard InChI is InChI=1S/C19H23BrN2O3/c1-18(2)14-7-9-19(18,3)17(25)22(16(14)24)10-8-15(23)21-13-6-4-5-12(20)11-13/h4-6,11,14H,7-10H2,1-3H3,(H,21,23). The molecule has 2 fully saturated rings. The number of rotatable bonds is 4. The van der Waals surface area contributed by atoms with E-state index < -0.39 is 5.41 Å². The fourth-order valence-corrected chi connectivity index (χ4v) is 4.52. The highest BCUT2D eigenvalue weighted by molar-refractivity contribution is 9.10. The second-order valence-electron chi connectivity index (χ2n) is 7.75. The van der Waals surface area contributed by atoms with Gasteiger partial charge in [-0.3, -0.25) is 19.3 Å². The van der Waals surface area contributed by atoms with Gasteiger partial charge in [0, 0.05) is 29.0 Å². The number of nitrogens with zero attached hydrogens (tertiary/aromatic N) is 1. The topological polar surface area (TPSA) is 66.5 Å². The Morgan fingerprint density at radius 1 is 1.32 bits per heavy atom. The van der Waals surface area contributed by atoms with Gasteiger partial charge < -0.3 is 5.32 Å². The van der Waals surface area contributed by atoms with Gasteiger partial charge in [0.1, 0.15) is 0 Å². The minimum Gasteiger partial charge on any atom is -0.326 e. The summed E-state index contributed by atoms with van der Waals surface area (Å²) in [5, 5.41) is 2.80. The van der Waals surface area contributed by atoms with E-state index in [0.29, 0.717) is 5.69 Å². The maximum Gasteiger partial charge on any atom is 0.235 e. The van der Waals surface area contributed by atoms with Gasteiger partial charge in [0.25, 0.3) is 0 Å². The van der Waals surface area contributed by atoms with E-state index >= 15 is 0 Å². The van der Waals surface area contributed by atoms with Crippen LogP contribution in [0, 0.1) is 16.7 Å². The van der Waals surface area contributed by atoms with Crippen LogP contribution in [0.25, 0.3) is 0 Å². The van der Waals surface area contributed by atoms with Gasteiger partial charge >= 0.3 is 0 Å². The van der Waals surface area contributed by atoms with Crippen molar-refractivity contribution in [2.45, 2.75) is 40.0 Å². The third-order valence-electron chi connectivity index (χ3n) is 6.18. The lowest BCUT2D eigenvalue weighted by Gasteiger charge is -2.47. The highest BCUT2D eigenvalue weighted by Crippen LogP contribution is 2.59.